The lowest BCUT2D eigenvalue weighted by Crippen LogP contribution is -2.25. The van der Waals surface area contributed by atoms with E-state index in [1.54, 1.807) is 0 Å². The number of nitrogens with one attached hydrogen (secondary N) is 1. The fourth-order valence-corrected chi connectivity index (χ4v) is 3.87. The van der Waals surface area contributed by atoms with E-state index in [1.165, 1.54) is 12.0 Å². The molecule has 0 aromatic heterocycles. The van der Waals surface area contributed by atoms with Crippen LogP contribution in [-0.2, 0) is 17.9 Å². The second-order valence-corrected chi connectivity index (χ2v) is 7.74. The molecule has 1 fully saturated rings. The second kappa shape index (κ2) is 10.1. The van der Waals surface area contributed by atoms with Gasteiger partial charge in [-0.05, 0) is 65.9 Å². The van der Waals surface area contributed by atoms with Gasteiger partial charge in [0.15, 0.2) is 11.5 Å². The lowest BCUT2D eigenvalue weighted by atomic mass is 10.1. The number of aryl methyl sites for hydroxylation is 1. The van der Waals surface area contributed by atoms with Crippen LogP contribution < -0.4 is 14.8 Å². The van der Waals surface area contributed by atoms with Crippen LogP contribution in [-0.4, -0.2) is 25.9 Å². The van der Waals surface area contributed by atoms with Crippen LogP contribution in [0.3, 0.4) is 0 Å². The Hall–Kier alpha value is -1.56. The van der Waals surface area contributed by atoms with E-state index in [-0.39, 0.29) is 0 Å². The van der Waals surface area contributed by atoms with Gasteiger partial charge in [0, 0.05) is 19.7 Å². The molecule has 1 unspecified atom stereocenters. The van der Waals surface area contributed by atoms with Gasteiger partial charge in [-0.2, -0.15) is 0 Å². The zero-order valence-corrected chi connectivity index (χ0v) is 17.7. The first-order chi connectivity index (χ1) is 13.2. The molecule has 0 aliphatic carbocycles. The van der Waals surface area contributed by atoms with E-state index in [0.717, 1.165) is 53.2 Å². The number of hydrogen-bond donors (Lipinski definition) is 1. The molecule has 1 atom stereocenters. The van der Waals surface area contributed by atoms with Crippen LogP contribution in [0.15, 0.2) is 40.9 Å². The van der Waals surface area contributed by atoms with E-state index in [4.69, 9.17) is 14.2 Å². The molecule has 3 rings (SSSR count). The van der Waals surface area contributed by atoms with Crippen molar-refractivity contribution in [1.29, 1.82) is 0 Å². The standard InChI is InChI=1S/C22H28BrNO3/c1-3-25-21-12-18(13-24-14-19-8-5-9-26-19)11-20(23)22(21)27-15-17-7-4-6-16(2)10-17/h4,6-7,10-12,19,24H,3,5,8-9,13-15H2,1-2H3. The summed E-state index contributed by atoms with van der Waals surface area (Å²) in [7, 11) is 0. The Balaban J connectivity index is 1.65. The summed E-state index contributed by atoms with van der Waals surface area (Å²) in [6, 6.07) is 12.5. The minimum Gasteiger partial charge on any atom is -0.490 e. The molecule has 1 saturated heterocycles. The van der Waals surface area contributed by atoms with Crippen molar-refractivity contribution in [3.8, 4) is 11.5 Å². The average molecular weight is 434 g/mol. The summed E-state index contributed by atoms with van der Waals surface area (Å²) in [5.74, 6) is 1.52. The van der Waals surface area contributed by atoms with Gasteiger partial charge in [0.2, 0.25) is 0 Å². The van der Waals surface area contributed by atoms with Gasteiger partial charge in [0.1, 0.15) is 6.61 Å². The van der Waals surface area contributed by atoms with Crippen LogP contribution in [0.4, 0.5) is 0 Å². The fraction of sp³-hybridized carbons (Fsp3) is 0.455. The molecule has 0 spiro atoms. The minimum atomic E-state index is 0.344. The number of rotatable bonds is 9. The molecule has 0 saturated carbocycles. The van der Waals surface area contributed by atoms with Crippen LogP contribution in [0.5, 0.6) is 11.5 Å². The maximum atomic E-state index is 6.09. The number of hydrogen-bond acceptors (Lipinski definition) is 4. The van der Waals surface area contributed by atoms with Crippen molar-refractivity contribution < 1.29 is 14.2 Å². The molecule has 146 valence electrons. The summed E-state index contributed by atoms with van der Waals surface area (Å²) in [6.45, 7) is 7.73. The molecule has 27 heavy (non-hydrogen) atoms. The average Bonchev–Trinajstić information content (AvgIpc) is 3.15. The van der Waals surface area contributed by atoms with E-state index in [9.17, 15) is 0 Å². The molecule has 4 nitrogen and oxygen atoms in total. The normalized spacial score (nSPS) is 16.5. The third kappa shape index (κ3) is 5.96. The first kappa shape index (κ1) is 20.2. The Morgan fingerprint density at radius 1 is 1.19 bits per heavy atom. The lowest BCUT2D eigenvalue weighted by molar-refractivity contribution is 0.110. The van der Waals surface area contributed by atoms with Crippen molar-refractivity contribution in [2.75, 3.05) is 19.8 Å². The van der Waals surface area contributed by atoms with Gasteiger partial charge in [-0.3, -0.25) is 0 Å². The maximum absolute atomic E-state index is 6.09. The van der Waals surface area contributed by atoms with E-state index in [2.05, 4.69) is 64.6 Å². The third-order valence-electron chi connectivity index (χ3n) is 4.56. The number of ether oxygens (including phenoxy) is 3. The van der Waals surface area contributed by atoms with Gasteiger partial charge in [-0.15, -0.1) is 0 Å². The van der Waals surface area contributed by atoms with Crippen LogP contribution in [0.2, 0.25) is 0 Å². The Kier molecular flexibility index (Phi) is 7.56. The first-order valence-electron chi connectivity index (χ1n) is 9.61. The van der Waals surface area contributed by atoms with Crippen LogP contribution in [0.1, 0.15) is 36.5 Å². The van der Waals surface area contributed by atoms with Gasteiger partial charge in [0.25, 0.3) is 0 Å². The van der Waals surface area contributed by atoms with Gasteiger partial charge in [-0.25, -0.2) is 0 Å². The Labute approximate surface area is 170 Å². The Morgan fingerprint density at radius 2 is 2.07 bits per heavy atom. The molecule has 0 bridgehead atoms. The minimum absolute atomic E-state index is 0.344. The Bertz CT molecular complexity index is 744. The molecule has 0 radical (unpaired) electrons. The predicted molar refractivity (Wildman–Crippen MR) is 112 cm³/mol. The van der Waals surface area contributed by atoms with Gasteiger partial charge in [0.05, 0.1) is 17.2 Å². The highest BCUT2D eigenvalue weighted by Crippen LogP contribution is 2.37. The molecule has 1 N–H and O–H groups in total. The van der Waals surface area contributed by atoms with Gasteiger partial charge in [-0.1, -0.05) is 29.8 Å². The van der Waals surface area contributed by atoms with Crippen molar-refractivity contribution >= 4 is 15.9 Å². The zero-order chi connectivity index (χ0) is 19.1. The Morgan fingerprint density at radius 3 is 2.81 bits per heavy atom. The summed E-state index contributed by atoms with van der Waals surface area (Å²) in [5.41, 5.74) is 3.53. The van der Waals surface area contributed by atoms with Crippen molar-refractivity contribution in [1.82, 2.24) is 5.32 Å². The summed E-state index contributed by atoms with van der Waals surface area (Å²) in [5, 5.41) is 3.48. The van der Waals surface area contributed by atoms with Crippen molar-refractivity contribution in [2.45, 2.75) is 45.9 Å². The number of halogens is 1. The van der Waals surface area contributed by atoms with E-state index >= 15 is 0 Å². The van der Waals surface area contributed by atoms with Gasteiger partial charge >= 0.3 is 0 Å². The van der Waals surface area contributed by atoms with Crippen LogP contribution in [0, 0.1) is 6.92 Å². The van der Waals surface area contributed by atoms with Crippen LogP contribution in [0.25, 0.3) is 0 Å². The van der Waals surface area contributed by atoms with E-state index in [0.29, 0.717) is 19.3 Å². The second-order valence-electron chi connectivity index (χ2n) is 6.88. The third-order valence-corrected chi connectivity index (χ3v) is 5.15. The molecule has 2 aromatic rings. The highest BCUT2D eigenvalue weighted by Gasteiger charge is 2.16. The monoisotopic (exact) mass is 433 g/mol. The summed E-state index contributed by atoms with van der Waals surface area (Å²) in [6.07, 6.45) is 2.66. The molecular weight excluding hydrogens is 406 g/mol. The molecule has 2 aromatic carbocycles. The summed E-state index contributed by atoms with van der Waals surface area (Å²) >= 11 is 3.66. The fourth-order valence-electron chi connectivity index (χ4n) is 3.27. The first-order valence-corrected chi connectivity index (χ1v) is 10.4. The van der Waals surface area contributed by atoms with Crippen molar-refractivity contribution in [3.05, 3.63) is 57.6 Å². The van der Waals surface area contributed by atoms with Crippen LogP contribution >= 0.6 is 15.9 Å². The van der Waals surface area contributed by atoms with E-state index < -0.39 is 0 Å². The van der Waals surface area contributed by atoms with Crippen molar-refractivity contribution in [3.63, 3.8) is 0 Å². The van der Waals surface area contributed by atoms with Gasteiger partial charge < -0.3 is 19.5 Å². The quantitative estimate of drug-likeness (QED) is 0.603. The molecule has 1 aliphatic rings. The highest BCUT2D eigenvalue weighted by molar-refractivity contribution is 9.10. The topological polar surface area (TPSA) is 39.7 Å². The van der Waals surface area contributed by atoms with E-state index in [1.807, 2.05) is 6.92 Å². The SMILES string of the molecule is CCOc1cc(CNCC2CCCO2)cc(Br)c1OCc1cccc(C)c1. The summed E-state index contributed by atoms with van der Waals surface area (Å²) < 4.78 is 18.5. The highest BCUT2D eigenvalue weighted by atomic mass is 79.9. The largest absolute Gasteiger partial charge is 0.490 e. The molecule has 0 amide bonds. The smallest absolute Gasteiger partial charge is 0.175 e. The lowest BCUT2D eigenvalue weighted by Gasteiger charge is -2.16. The maximum Gasteiger partial charge on any atom is 0.175 e. The number of benzene rings is 2. The van der Waals surface area contributed by atoms with Crippen molar-refractivity contribution in [2.24, 2.45) is 0 Å². The molecule has 5 heteroatoms. The zero-order valence-electron chi connectivity index (χ0n) is 16.1. The summed E-state index contributed by atoms with van der Waals surface area (Å²) in [4.78, 5) is 0. The predicted octanol–water partition coefficient (Wildman–Crippen LogP) is 5.00. The molecule has 1 heterocycles. The molecular formula is C22H28BrNO3. The molecule has 1 aliphatic heterocycles.